The quantitative estimate of drug-likeness (QED) is 0.804. The van der Waals surface area contributed by atoms with Gasteiger partial charge in [-0.05, 0) is 26.3 Å². The van der Waals surface area contributed by atoms with Crippen LogP contribution in [0.5, 0.6) is 0 Å². The SMILES string of the molecule is CCN(CC(=O)N(C)C)c1nnc(C)c(C)c1C(N)=S. The summed E-state index contributed by atoms with van der Waals surface area (Å²) in [6.45, 7) is 6.55. The second-order valence-corrected chi connectivity index (χ2v) is 5.22. The van der Waals surface area contributed by atoms with Crippen molar-refractivity contribution in [2.75, 3.05) is 32.1 Å². The Balaban J connectivity index is 3.25. The van der Waals surface area contributed by atoms with Gasteiger partial charge in [0.15, 0.2) is 5.82 Å². The van der Waals surface area contributed by atoms with Gasteiger partial charge in [0.25, 0.3) is 0 Å². The van der Waals surface area contributed by atoms with Gasteiger partial charge >= 0.3 is 0 Å². The zero-order valence-electron chi connectivity index (χ0n) is 12.6. The number of carbonyl (C=O) groups excluding carboxylic acids is 1. The molecule has 6 nitrogen and oxygen atoms in total. The van der Waals surface area contributed by atoms with Gasteiger partial charge in [-0.25, -0.2) is 0 Å². The third kappa shape index (κ3) is 3.41. The van der Waals surface area contributed by atoms with Crippen molar-refractivity contribution in [3.63, 3.8) is 0 Å². The topological polar surface area (TPSA) is 75.4 Å². The molecular weight excluding hydrogens is 274 g/mol. The molecule has 20 heavy (non-hydrogen) atoms. The smallest absolute Gasteiger partial charge is 0.241 e. The van der Waals surface area contributed by atoms with E-state index < -0.39 is 0 Å². The summed E-state index contributed by atoms with van der Waals surface area (Å²) in [6.07, 6.45) is 0. The predicted octanol–water partition coefficient (Wildman–Crippen LogP) is 0.642. The van der Waals surface area contributed by atoms with Crippen LogP contribution in [0.2, 0.25) is 0 Å². The van der Waals surface area contributed by atoms with E-state index in [4.69, 9.17) is 18.0 Å². The molecule has 0 aliphatic heterocycles. The van der Waals surface area contributed by atoms with Gasteiger partial charge in [0, 0.05) is 20.6 Å². The summed E-state index contributed by atoms with van der Waals surface area (Å²) >= 11 is 5.12. The summed E-state index contributed by atoms with van der Waals surface area (Å²) in [7, 11) is 3.44. The van der Waals surface area contributed by atoms with Crippen LogP contribution in [0.4, 0.5) is 5.82 Å². The number of thiocarbonyl (C=S) groups is 1. The van der Waals surface area contributed by atoms with Crippen LogP contribution in [-0.2, 0) is 4.79 Å². The molecule has 0 spiro atoms. The summed E-state index contributed by atoms with van der Waals surface area (Å²) in [5.74, 6) is 0.555. The molecule has 1 amide bonds. The zero-order chi connectivity index (χ0) is 15.4. The van der Waals surface area contributed by atoms with Crippen molar-refractivity contribution in [1.29, 1.82) is 0 Å². The van der Waals surface area contributed by atoms with E-state index >= 15 is 0 Å². The van der Waals surface area contributed by atoms with Crippen LogP contribution in [0.15, 0.2) is 0 Å². The highest BCUT2D eigenvalue weighted by molar-refractivity contribution is 7.80. The van der Waals surface area contributed by atoms with Crippen molar-refractivity contribution in [3.8, 4) is 0 Å². The van der Waals surface area contributed by atoms with Gasteiger partial charge in [0.05, 0.1) is 17.8 Å². The van der Waals surface area contributed by atoms with Gasteiger partial charge in [-0.3, -0.25) is 4.79 Å². The van der Waals surface area contributed by atoms with E-state index in [1.54, 1.807) is 14.1 Å². The van der Waals surface area contributed by atoms with Gasteiger partial charge < -0.3 is 15.5 Å². The first-order valence-corrected chi connectivity index (χ1v) is 6.79. The molecule has 0 saturated heterocycles. The number of amides is 1. The van der Waals surface area contributed by atoms with Crippen LogP contribution in [0.1, 0.15) is 23.7 Å². The fourth-order valence-corrected chi connectivity index (χ4v) is 2.00. The van der Waals surface area contributed by atoms with Crippen LogP contribution in [-0.4, -0.2) is 53.2 Å². The fourth-order valence-electron chi connectivity index (χ4n) is 1.75. The number of likely N-dealkylation sites (N-methyl/N-ethyl adjacent to an activating group) is 2. The Labute approximate surface area is 125 Å². The fraction of sp³-hybridized carbons (Fsp3) is 0.538. The first-order valence-electron chi connectivity index (χ1n) is 6.38. The molecular formula is C13H21N5OS. The molecule has 0 aliphatic rings. The monoisotopic (exact) mass is 295 g/mol. The summed E-state index contributed by atoms with van der Waals surface area (Å²) in [5, 5.41) is 8.29. The van der Waals surface area contributed by atoms with E-state index in [0.717, 1.165) is 11.3 Å². The summed E-state index contributed by atoms with van der Waals surface area (Å²) in [4.78, 5) is 15.5. The van der Waals surface area contributed by atoms with Crippen LogP contribution in [0, 0.1) is 13.8 Å². The number of rotatable bonds is 5. The number of carbonyl (C=O) groups is 1. The van der Waals surface area contributed by atoms with Crippen molar-refractivity contribution in [2.45, 2.75) is 20.8 Å². The highest BCUT2D eigenvalue weighted by Crippen LogP contribution is 2.22. The summed E-state index contributed by atoms with van der Waals surface area (Å²) < 4.78 is 0. The number of aryl methyl sites for hydroxylation is 1. The van der Waals surface area contributed by atoms with Crippen LogP contribution in [0.3, 0.4) is 0 Å². The Bertz CT molecular complexity index is 530. The Morgan fingerprint density at radius 3 is 2.35 bits per heavy atom. The Hall–Kier alpha value is -1.76. The van der Waals surface area contributed by atoms with Gasteiger partial charge in [0.2, 0.25) is 5.91 Å². The molecule has 0 unspecified atom stereocenters. The van der Waals surface area contributed by atoms with Crippen molar-refractivity contribution in [3.05, 3.63) is 16.8 Å². The molecule has 0 fully saturated rings. The van der Waals surface area contributed by atoms with E-state index in [1.165, 1.54) is 4.90 Å². The van der Waals surface area contributed by atoms with Crippen molar-refractivity contribution in [2.24, 2.45) is 5.73 Å². The average molecular weight is 295 g/mol. The Kier molecular flexibility index (Phi) is 5.38. The van der Waals surface area contributed by atoms with Gasteiger partial charge in [0.1, 0.15) is 4.99 Å². The molecule has 1 rings (SSSR count). The number of nitrogens with zero attached hydrogens (tertiary/aromatic N) is 4. The van der Waals surface area contributed by atoms with E-state index in [1.807, 2.05) is 25.7 Å². The maximum atomic E-state index is 11.9. The maximum Gasteiger partial charge on any atom is 0.241 e. The number of hydrogen-bond acceptors (Lipinski definition) is 5. The third-order valence-corrected chi connectivity index (χ3v) is 3.39. The van der Waals surface area contributed by atoms with Crippen molar-refractivity contribution in [1.82, 2.24) is 15.1 Å². The first kappa shape index (κ1) is 16.3. The predicted molar refractivity (Wildman–Crippen MR) is 84.0 cm³/mol. The molecule has 0 radical (unpaired) electrons. The highest BCUT2D eigenvalue weighted by Gasteiger charge is 2.20. The number of aromatic nitrogens is 2. The number of anilines is 1. The Morgan fingerprint density at radius 2 is 1.90 bits per heavy atom. The third-order valence-electron chi connectivity index (χ3n) is 3.19. The molecule has 2 N–H and O–H groups in total. The molecule has 7 heteroatoms. The van der Waals surface area contributed by atoms with E-state index in [2.05, 4.69) is 10.2 Å². The van der Waals surface area contributed by atoms with Crippen molar-refractivity contribution < 1.29 is 4.79 Å². The lowest BCUT2D eigenvalue weighted by Gasteiger charge is -2.25. The molecule has 0 atom stereocenters. The van der Waals surface area contributed by atoms with Crippen LogP contribution in [0.25, 0.3) is 0 Å². The first-order chi connectivity index (χ1) is 9.29. The normalized spacial score (nSPS) is 10.2. The zero-order valence-corrected chi connectivity index (χ0v) is 13.4. The van der Waals surface area contributed by atoms with E-state index in [0.29, 0.717) is 17.9 Å². The minimum atomic E-state index is -0.0132. The largest absolute Gasteiger partial charge is 0.389 e. The Morgan fingerprint density at radius 1 is 1.30 bits per heavy atom. The lowest BCUT2D eigenvalue weighted by molar-refractivity contribution is -0.127. The molecule has 0 aliphatic carbocycles. The number of hydrogen-bond donors (Lipinski definition) is 1. The van der Waals surface area contributed by atoms with Crippen molar-refractivity contribution >= 4 is 28.9 Å². The summed E-state index contributed by atoms with van der Waals surface area (Å²) in [6, 6.07) is 0. The molecule has 0 aromatic carbocycles. The van der Waals surface area contributed by atoms with Crippen LogP contribution >= 0.6 is 12.2 Å². The van der Waals surface area contributed by atoms with Gasteiger partial charge in [-0.2, -0.15) is 5.10 Å². The summed E-state index contributed by atoms with van der Waals surface area (Å²) in [5.41, 5.74) is 8.19. The number of nitrogens with two attached hydrogens (primary N) is 1. The van der Waals surface area contributed by atoms with Gasteiger partial charge in [-0.15, -0.1) is 5.10 Å². The molecule has 0 bridgehead atoms. The second kappa shape index (κ2) is 6.60. The van der Waals surface area contributed by atoms with Crippen LogP contribution < -0.4 is 10.6 Å². The van der Waals surface area contributed by atoms with E-state index in [-0.39, 0.29) is 17.4 Å². The van der Waals surface area contributed by atoms with E-state index in [9.17, 15) is 4.79 Å². The molecule has 110 valence electrons. The standard InChI is InChI=1S/C13H21N5OS/c1-6-18(7-10(19)17(4)5)13-11(12(14)20)8(2)9(3)15-16-13/h6-7H2,1-5H3,(H2,14,20). The highest BCUT2D eigenvalue weighted by atomic mass is 32.1. The lowest BCUT2D eigenvalue weighted by Crippen LogP contribution is -2.38. The molecule has 1 aromatic heterocycles. The minimum absolute atomic E-state index is 0.0132. The minimum Gasteiger partial charge on any atom is -0.389 e. The molecule has 1 heterocycles. The second-order valence-electron chi connectivity index (χ2n) is 4.78. The molecule has 1 aromatic rings. The molecule has 0 saturated carbocycles. The average Bonchev–Trinajstić information content (AvgIpc) is 2.38. The lowest BCUT2D eigenvalue weighted by atomic mass is 10.1. The maximum absolute atomic E-state index is 11.9. The van der Waals surface area contributed by atoms with Gasteiger partial charge in [-0.1, -0.05) is 12.2 Å².